The molecule has 0 fully saturated rings. The van der Waals surface area contributed by atoms with Crippen molar-refractivity contribution in [1.82, 2.24) is 19.9 Å². The van der Waals surface area contributed by atoms with Gasteiger partial charge in [0.2, 0.25) is 5.88 Å². The fraction of sp³-hybridized carbons (Fsp3) is 0.333. The van der Waals surface area contributed by atoms with Crippen LogP contribution in [-0.2, 0) is 5.92 Å². The SMILES string of the molecule is CCN(C(=O)c1ccccc1-c1cnc(C)nc1)[C@@H](C)COc1ccc(C(C)(F)F)cn1. The number of carbonyl (C=O) groups is 1. The number of alkyl halides is 2. The Bertz CT molecular complexity index is 1050. The Labute approximate surface area is 186 Å². The van der Waals surface area contributed by atoms with E-state index in [0.29, 0.717) is 17.9 Å². The molecule has 0 radical (unpaired) electrons. The number of likely N-dealkylation sites (N-methyl/N-ethyl adjacent to an activating group) is 1. The van der Waals surface area contributed by atoms with Crippen LogP contribution in [0.15, 0.2) is 55.0 Å². The van der Waals surface area contributed by atoms with Crippen molar-refractivity contribution in [3.63, 3.8) is 0 Å². The molecular formula is C24H26F2N4O2. The highest BCUT2D eigenvalue weighted by molar-refractivity contribution is 6.00. The van der Waals surface area contributed by atoms with Crippen LogP contribution in [0.4, 0.5) is 8.78 Å². The highest BCUT2D eigenvalue weighted by Gasteiger charge is 2.25. The third-order valence-electron chi connectivity index (χ3n) is 5.10. The Morgan fingerprint density at radius 1 is 1.09 bits per heavy atom. The molecule has 0 N–H and O–H groups in total. The number of aromatic nitrogens is 3. The molecular weight excluding hydrogens is 414 g/mol. The molecule has 1 amide bonds. The van der Waals surface area contributed by atoms with Crippen molar-refractivity contribution in [2.45, 2.75) is 39.7 Å². The van der Waals surface area contributed by atoms with Crippen LogP contribution in [0.25, 0.3) is 11.1 Å². The summed E-state index contributed by atoms with van der Waals surface area (Å²) in [7, 11) is 0. The van der Waals surface area contributed by atoms with Crippen LogP contribution in [0, 0.1) is 6.92 Å². The van der Waals surface area contributed by atoms with E-state index in [4.69, 9.17) is 4.74 Å². The summed E-state index contributed by atoms with van der Waals surface area (Å²) in [5, 5.41) is 0. The molecule has 32 heavy (non-hydrogen) atoms. The minimum Gasteiger partial charge on any atom is -0.475 e. The van der Waals surface area contributed by atoms with Gasteiger partial charge in [-0.1, -0.05) is 18.2 Å². The van der Waals surface area contributed by atoms with Gasteiger partial charge in [-0.25, -0.2) is 23.7 Å². The molecule has 1 aromatic carbocycles. The second-order valence-electron chi connectivity index (χ2n) is 7.59. The second kappa shape index (κ2) is 9.80. The quantitative estimate of drug-likeness (QED) is 0.499. The minimum atomic E-state index is -2.96. The summed E-state index contributed by atoms with van der Waals surface area (Å²) >= 11 is 0. The normalized spacial score (nSPS) is 12.3. The molecule has 0 aliphatic rings. The lowest BCUT2D eigenvalue weighted by molar-refractivity contribution is 0.0169. The van der Waals surface area contributed by atoms with Gasteiger partial charge < -0.3 is 9.64 Å². The van der Waals surface area contributed by atoms with E-state index in [2.05, 4.69) is 15.0 Å². The van der Waals surface area contributed by atoms with Crippen LogP contribution in [0.3, 0.4) is 0 Å². The molecule has 3 aromatic rings. The Balaban J connectivity index is 1.74. The summed E-state index contributed by atoms with van der Waals surface area (Å²) in [6.45, 7) is 7.02. The second-order valence-corrected chi connectivity index (χ2v) is 7.59. The van der Waals surface area contributed by atoms with Gasteiger partial charge in [-0.2, -0.15) is 0 Å². The molecule has 0 bridgehead atoms. The molecule has 0 spiro atoms. The molecule has 2 aromatic heterocycles. The lowest BCUT2D eigenvalue weighted by atomic mass is 10.0. The average Bonchev–Trinajstić information content (AvgIpc) is 2.78. The van der Waals surface area contributed by atoms with E-state index in [1.54, 1.807) is 30.3 Å². The zero-order chi connectivity index (χ0) is 23.3. The summed E-state index contributed by atoms with van der Waals surface area (Å²) in [4.78, 5) is 27.5. The van der Waals surface area contributed by atoms with Gasteiger partial charge in [0.25, 0.3) is 11.8 Å². The number of benzene rings is 1. The van der Waals surface area contributed by atoms with Gasteiger partial charge >= 0.3 is 0 Å². The van der Waals surface area contributed by atoms with Gasteiger partial charge in [-0.3, -0.25) is 4.79 Å². The Morgan fingerprint density at radius 3 is 2.38 bits per heavy atom. The average molecular weight is 440 g/mol. The van der Waals surface area contributed by atoms with Gasteiger partial charge in [0.15, 0.2) is 0 Å². The van der Waals surface area contributed by atoms with E-state index in [1.807, 2.05) is 32.0 Å². The number of nitrogens with zero attached hydrogens (tertiary/aromatic N) is 4. The van der Waals surface area contributed by atoms with Crippen molar-refractivity contribution >= 4 is 5.91 Å². The van der Waals surface area contributed by atoms with Gasteiger partial charge in [0.05, 0.1) is 6.04 Å². The van der Waals surface area contributed by atoms with E-state index < -0.39 is 5.92 Å². The van der Waals surface area contributed by atoms with Crippen LogP contribution in [0.2, 0.25) is 0 Å². The first-order valence-corrected chi connectivity index (χ1v) is 10.4. The first-order chi connectivity index (χ1) is 15.2. The zero-order valence-electron chi connectivity index (χ0n) is 18.5. The number of rotatable bonds is 8. The highest BCUT2D eigenvalue weighted by atomic mass is 19.3. The summed E-state index contributed by atoms with van der Waals surface area (Å²) in [6.07, 6.45) is 4.50. The number of carbonyl (C=O) groups excluding carboxylic acids is 1. The minimum absolute atomic E-state index is 0.145. The lowest BCUT2D eigenvalue weighted by Crippen LogP contribution is -2.42. The summed E-state index contributed by atoms with van der Waals surface area (Å²) in [5.74, 6) is -2.22. The van der Waals surface area contributed by atoms with Crippen LogP contribution < -0.4 is 4.74 Å². The molecule has 168 valence electrons. The van der Waals surface area contributed by atoms with Crippen molar-refractivity contribution in [3.8, 4) is 17.0 Å². The van der Waals surface area contributed by atoms with E-state index >= 15 is 0 Å². The Kier molecular flexibility index (Phi) is 7.12. The van der Waals surface area contributed by atoms with Crippen LogP contribution in [0.1, 0.15) is 42.5 Å². The molecule has 0 unspecified atom stereocenters. The summed E-state index contributed by atoms with van der Waals surface area (Å²) < 4.78 is 32.4. The first kappa shape index (κ1) is 23.2. The topological polar surface area (TPSA) is 68.2 Å². The predicted octanol–water partition coefficient (Wildman–Crippen LogP) is 4.89. The molecule has 8 heteroatoms. The number of hydrogen-bond acceptors (Lipinski definition) is 5. The maximum absolute atomic E-state index is 13.4. The number of hydrogen-bond donors (Lipinski definition) is 0. The molecule has 0 aliphatic carbocycles. The van der Waals surface area contributed by atoms with Crippen LogP contribution in [0.5, 0.6) is 5.88 Å². The largest absolute Gasteiger partial charge is 0.475 e. The molecule has 2 heterocycles. The van der Waals surface area contributed by atoms with Gasteiger partial charge in [0, 0.05) is 54.8 Å². The predicted molar refractivity (Wildman–Crippen MR) is 118 cm³/mol. The van der Waals surface area contributed by atoms with Crippen LogP contribution >= 0.6 is 0 Å². The van der Waals surface area contributed by atoms with Crippen molar-refractivity contribution < 1.29 is 18.3 Å². The van der Waals surface area contributed by atoms with Gasteiger partial charge in [-0.05, 0) is 38.5 Å². The van der Waals surface area contributed by atoms with Crippen molar-refractivity contribution in [3.05, 3.63) is 71.9 Å². The van der Waals surface area contributed by atoms with Crippen molar-refractivity contribution in [2.24, 2.45) is 0 Å². The number of amides is 1. The Morgan fingerprint density at radius 2 is 1.78 bits per heavy atom. The fourth-order valence-corrected chi connectivity index (χ4v) is 3.28. The van der Waals surface area contributed by atoms with Crippen LogP contribution in [-0.4, -0.2) is 45.0 Å². The number of pyridine rings is 1. The summed E-state index contributed by atoms with van der Waals surface area (Å²) in [6, 6.07) is 9.74. The molecule has 0 saturated carbocycles. The summed E-state index contributed by atoms with van der Waals surface area (Å²) in [5.41, 5.74) is 1.87. The fourth-order valence-electron chi connectivity index (χ4n) is 3.28. The number of aryl methyl sites for hydroxylation is 1. The third kappa shape index (κ3) is 5.43. The lowest BCUT2D eigenvalue weighted by Gasteiger charge is -2.28. The van der Waals surface area contributed by atoms with Gasteiger partial charge in [-0.15, -0.1) is 0 Å². The number of ether oxygens (including phenoxy) is 1. The molecule has 6 nitrogen and oxygen atoms in total. The number of halogens is 2. The Hall–Kier alpha value is -3.42. The first-order valence-electron chi connectivity index (χ1n) is 10.4. The standard InChI is InChI=1S/C24H26F2N4O2/c1-5-30(16(2)15-32-22-11-10-19(14-29-22)24(4,25)26)23(31)21-9-7-6-8-20(21)18-12-27-17(3)28-13-18/h6-14,16H,5,15H2,1-4H3/t16-/m0/s1. The van der Waals surface area contributed by atoms with Crippen molar-refractivity contribution in [2.75, 3.05) is 13.2 Å². The molecule has 1 atom stereocenters. The maximum atomic E-state index is 13.4. The van der Waals surface area contributed by atoms with Gasteiger partial charge in [0.1, 0.15) is 12.4 Å². The maximum Gasteiger partial charge on any atom is 0.272 e. The van der Waals surface area contributed by atoms with E-state index in [1.165, 1.54) is 12.1 Å². The molecule has 0 saturated heterocycles. The van der Waals surface area contributed by atoms with E-state index in [0.717, 1.165) is 24.2 Å². The van der Waals surface area contributed by atoms with Crippen molar-refractivity contribution in [1.29, 1.82) is 0 Å². The smallest absolute Gasteiger partial charge is 0.272 e. The molecule has 3 rings (SSSR count). The monoisotopic (exact) mass is 440 g/mol. The molecule has 0 aliphatic heterocycles. The van der Waals surface area contributed by atoms with E-state index in [9.17, 15) is 13.6 Å². The zero-order valence-corrected chi connectivity index (χ0v) is 18.5. The van der Waals surface area contributed by atoms with E-state index in [-0.39, 0.29) is 30.0 Å². The third-order valence-corrected chi connectivity index (χ3v) is 5.10. The highest BCUT2D eigenvalue weighted by Crippen LogP contribution is 2.27.